The monoisotopic (exact) mass is 333 g/mol. The quantitative estimate of drug-likeness (QED) is 0.579. The molecule has 25 heavy (non-hydrogen) atoms. The van der Waals surface area contributed by atoms with Crippen LogP contribution in [0.2, 0.25) is 0 Å². The minimum Gasteiger partial charge on any atom is -0.274 e. The van der Waals surface area contributed by atoms with Gasteiger partial charge in [-0.3, -0.25) is 14.5 Å². The van der Waals surface area contributed by atoms with Crippen LogP contribution in [-0.4, -0.2) is 11.8 Å². The van der Waals surface area contributed by atoms with E-state index in [2.05, 4.69) is 13.8 Å². The van der Waals surface area contributed by atoms with Gasteiger partial charge in [-0.25, -0.2) is 0 Å². The van der Waals surface area contributed by atoms with Gasteiger partial charge in [0.15, 0.2) is 0 Å². The fraction of sp³-hybridized carbons (Fsp3) is 0.545. The zero-order chi connectivity index (χ0) is 17.1. The van der Waals surface area contributed by atoms with Gasteiger partial charge in [0.05, 0.1) is 17.5 Å². The molecule has 0 unspecified atom stereocenters. The number of allylic oxidation sites excluding steroid dienone is 2. The van der Waals surface area contributed by atoms with Crippen molar-refractivity contribution in [3.63, 3.8) is 0 Å². The average molecular weight is 333 g/mol. The van der Waals surface area contributed by atoms with Gasteiger partial charge >= 0.3 is 0 Å². The fourth-order valence-corrected chi connectivity index (χ4v) is 7.00. The summed E-state index contributed by atoms with van der Waals surface area (Å²) in [4.78, 5) is 27.9. The van der Waals surface area contributed by atoms with E-state index in [1.807, 2.05) is 30.3 Å². The van der Waals surface area contributed by atoms with Gasteiger partial charge in [-0.15, -0.1) is 0 Å². The molecule has 5 aliphatic carbocycles. The minimum absolute atomic E-state index is 0.0544. The number of hydrogen-bond acceptors (Lipinski definition) is 2. The lowest BCUT2D eigenvalue weighted by atomic mass is 9.45. The van der Waals surface area contributed by atoms with E-state index in [1.165, 1.54) is 17.7 Å². The molecular formula is C22H23NO2. The molecule has 0 spiro atoms. The first-order chi connectivity index (χ1) is 12.0. The Morgan fingerprint density at radius 2 is 1.64 bits per heavy atom. The second kappa shape index (κ2) is 4.25. The highest BCUT2D eigenvalue weighted by molar-refractivity contribution is 6.23. The zero-order valence-electron chi connectivity index (χ0n) is 14.7. The molecule has 1 heterocycles. The maximum Gasteiger partial charge on any atom is 0.238 e. The number of para-hydroxylation sites is 1. The Bertz CT molecular complexity index is 852. The maximum atomic E-state index is 13.2. The van der Waals surface area contributed by atoms with E-state index in [-0.39, 0.29) is 23.7 Å². The van der Waals surface area contributed by atoms with Crippen molar-refractivity contribution in [3.8, 4) is 0 Å². The van der Waals surface area contributed by atoms with E-state index in [0.717, 1.165) is 18.0 Å². The standard InChI is InChI=1S/C22H23NO2/c1-22(2)11-8-13-14-10-15(17(13)16(22)9-11)19-18(14)20(24)23(21(19)25)12-6-4-3-5-7-12/h3-7,11,14-16,18-19H,8-10H2,1-2H3/t11-,14+,15+,16+,18-,19-/m0/s1. The third-order valence-electron chi connectivity index (χ3n) is 8.32. The molecule has 7 rings (SSSR count). The lowest BCUT2D eigenvalue weighted by Crippen LogP contribution is -2.51. The van der Waals surface area contributed by atoms with Crippen molar-refractivity contribution in [1.82, 2.24) is 0 Å². The summed E-state index contributed by atoms with van der Waals surface area (Å²) in [6.45, 7) is 4.80. The van der Waals surface area contributed by atoms with Crippen molar-refractivity contribution < 1.29 is 9.59 Å². The highest BCUT2D eigenvalue weighted by Crippen LogP contribution is 2.71. The molecule has 6 atom stereocenters. The van der Waals surface area contributed by atoms with Gasteiger partial charge < -0.3 is 0 Å². The Hall–Kier alpha value is -1.90. The Kier molecular flexibility index (Phi) is 2.43. The molecular weight excluding hydrogens is 310 g/mol. The van der Waals surface area contributed by atoms with Crippen LogP contribution in [0, 0.1) is 40.9 Å². The number of amides is 2. The van der Waals surface area contributed by atoms with Gasteiger partial charge in [-0.05, 0) is 60.5 Å². The number of nitrogens with zero attached hydrogens (tertiary/aromatic N) is 1. The molecule has 3 nitrogen and oxygen atoms in total. The van der Waals surface area contributed by atoms with Crippen LogP contribution in [-0.2, 0) is 9.59 Å². The number of imide groups is 1. The number of hydrogen-bond donors (Lipinski definition) is 0. The summed E-state index contributed by atoms with van der Waals surface area (Å²) in [7, 11) is 0. The molecule has 3 fully saturated rings. The van der Waals surface area contributed by atoms with Crippen molar-refractivity contribution in [2.75, 3.05) is 4.90 Å². The number of carbonyl (C=O) groups excluding carboxylic acids is 2. The van der Waals surface area contributed by atoms with Crippen molar-refractivity contribution >= 4 is 17.5 Å². The molecule has 2 amide bonds. The van der Waals surface area contributed by atoms with Crippen LogP contribution in [0.5, 0.6) is 0 Å². The van der Waals surface area contributed by atoms with Crippen molar-refractivity contribution in [2.24, 2.45) is 40.9 Å². The Labute approximate surface area is 148 Å². The Balaban J connectivity index is 1.42. The van der Waals surface area contributed by atoms with Crippen LogP contribution in [0.4, 0.5) is 5.69 Å². The summed E-state index contributed by atoms with van der Waals surface area (Å²) in [6.07, 6.45) is 3.53. The molecule has 1 aromatic carbocycles. The second-order valence-electron chi connectivity index (χ2n) is 9.34. The van der Waals surface area contributed by atoms with E-state index in [0.29, 0.717) is 23.2 Å². The number of fused-ring (bicyclic) bond motifs is 5. The Morgan fingerprint density at radius 3 is 2.32 bits per heavy atom. The number of rotatable bonds is 1. The maximum absolute atomic E-state index is 13.2. The number of carbonyl (C=O) groups is 2. The largest absolute Gasteiger partial charge is 0.274 e. The highest BCUT2D eigenvalue weighted by atomic mass is 16.2. The summed E-state index contributed by atoms with van der Waals surface area (Å²) in [5.41, 5.74) is 4.33. The van der Waals surface area contributed by atoms with Gasteiger partial charge in [0.1, 0.15) is 0 Å². The number of anilines is 1. The van der Waals surface area contributed by atoms with E-state index in [4.69, 9.17) is 0 Å². The summed E-state index contributed by atoms with van der Waals surface area (Å²) < 4.78 is 0. The summed E-state index contributed by atoms with van der Waals surface area (Å²) in [5.74, 6) is 2.05. The third-order valence-corrected chi connectivity index (χ3v) is 8.32. The van der Waals surface area contributed by atoms with Gasteiger partial charge in [0.25, 0.3) is 0 Å². The fourth-order valence-electron chi connectivity index (χ4n) is 7.00. The molecule has 0 aromatic heterocycles. The molecule has 1 aliphatic heterocycles. The van der Waals surface area contributed by atoms with E-state index in [9.17, 15) is 9.59 Å². The molecule has 0 N–H and O–H groups in total. The lowest BCUT2D eigenvalue weighted by molar-refractivity contribution is -0.123. The van der Waals surface area contributed by atoms with Crippen LogP contribution in [0.3, 0.4) is 0 Å². The van der Waals surface area contributed by atoms with E-state index in [1.54, 1.807) is 11.1 Å². The van der Waals surface area contributed by atoms with Crippen LogP contribution in [0.25, 0.3) is 0 Å². The normalized spacial score (nSPS) is 42.6. The van der Waals surface area contributed by atoms with Crippen molar-refractivity contribution in [1.29, 1.82) is 0 Å². The SMILES string of the molecule is CC1(C)[C@H]2CC3=C([C@H]4C[C@H]3[C@@H]3C(=O)N(c5ccccc5)C(=O)[C@H]34)[C@H]1C2. The molecule has 3 heteroatoms. The van der Waals surface area contributed by atoms with Crippen molar-refractivity contribution in [2.45, 2.75) is 33.1 Å². The van der Waals surface area contributed by atoms with Crippen LogP contribution < -0.4 is 4.90 Å². The molecule has 2 saturated carbocycles. The van der Waals surface area contributed by atoms with Gasteiger partial charge in [0, 0.05) is 0 Å². The Morgan fingerprint density at radius 1 is 0.960 bits per heavy atom. The molecule has 4 bridgehead atoms. The van der Waals surface area contributed by atoms with Crippen LogP contribution >= 0.6 is 0 Å². The van der Waals surface area contributed by atoms with Gasteiger partial charge in [0.2, 0.25) is 11.8 Å². The van der Waals surface area contributed by atoms with E-state index >= 15 is 0 Å². The van der Waals surface area contributed by atoms with Crippen LogP contribution in [0.1, 0.15) is 33.1 Å². The average Bonchev–Trinajstić information content (AvgIpc) is 3.26. The number of benzene rings is 1. The third kappa shape index (κ3) is 1.46. The summed E-state index contributed by atoms with van der Waals surface area (Å²) >= 11 is 0. The molecule has 128 valence electrons. The molecule has 6 aliphatic rings. The first-order valence-corrected chi connectivity index (χ1v) is 9.66. The summed E-state index contributed by atoms with van der Waals surface area (Å²) in [5, 5.41) is 0. The molecule has 1 saturated heterocycles. The smallest absolute Gasteiger partial charge is 0.238 e. The first-order valence-electron chi connectivity index (χ1n) is 9.66. The predicted molar refractivity (Wildman–Crippen MR) is 94.5 cm³/mol. The zero-order valence-corrected chi connectivity index (χ0v) is 14.7. The summed E-state index contributed by atoms with van der Waals surface area (Å²) in [6, 6.07) is 9.49. The highest BCUT2D eigenvalue weighted by Gasteiger charge is 2.68. The molecule has 1 aromatic rings. The topological polar surface area (TPSA) is 37.4 Å². The minimum atomic E-state index is -0.0931. The van der Waals surface area contributed by atoms with Gasteiger partial charge in [-0.1, -0.05) is 43.2 Å². The van der Waals surface area contributed by atoms with Crippen LogP contribution in [0.15, 0.2) is 41.5 Å². The first kappa shape index (κ1) is 14.3. The van der Waals surface area contributed by atoms with E-state index < -0.39 is 0 Å². The molecule has 0 radical (unpaired) electrons. The lowest BCUT2D eigenvalue weighted by Gasteiger charge is -2.59. The van der Waals surface area contributed by atoms with Gasteiger partial charge in [-0.2, -0.15) is 0 Å². The van der Waals surface area contributed by atoms with Crippen molar-refractivity contribution in [3.05, 3.63) is 41.5 Å². The second-order valence-corrected chi connectivity index (χ2v) is 9.34. The predicted octanol–water partition coefficient (Wildman–Crippen LogP) is 3.80.